The molecule has 1 heterocycles. The van der Waals surface area contributed by atoms with Gasteiger partial charge < -0.3 is 0 Å². The molecule has 6 heteroatoms. The lowest BCUT2D eigenvalue weighted by atomic mass is 10.2. The number of pyridine rings is 1. The summed E-state index contributed by atoms with van der Waals surface area (Å²) in [7, 11) is -4.23. The Morgan fingerprint density at radius 2 is 1.93 bits per heavy atom. The summed E-state index contributed by atoms with van der Waals surface area (Å²) in [6.45, 7) is 0. The molecule has 0 bridgehead atoms. The van der Waals surface area contributed by atoms with Crippen LogP contribution in [0, 0.1) is 0 Å². The van der Waals surface area contributed by atoms with Crippen LogP contribution in [0.3, 0.4) is 0 Å². The highest BCUT2D eigenvalue weighted by molar-refractivity contribution is 7.86. The number of hydrogen-bond donors (Lipinski definition) is 1. The first-order valence-corrected chi connectivity index (χ1v) is 5.81. The molecule has 0 amide bonds. The molecule has 1 N–H and O–H groups in total. The topological polar surface area (TPSA) is 67.3 Å². The fourth-order valence-corrected chi connectivity index (χ4v) is 2.26. The zero-order valence-electron chi connectivity index (χ0n) is 7.38. The number of rotatable bonds is 1. The quantitative estimate of drug-likeness (QED) is 0.780. The van der Waals surface area contributed by atoms with E-state index in [4.69, 9.17) is 16.2 Å². The number of hydrogen-bond acceptors (Lipinski definition) is 3. The van der Waals surface area contributed by atoms with Crippen molar-refractivity contribution in [2.75, 3.05) is 0 Å². The maximum atomic E-state index is 11.1. The van der Waals surface area contributed by atoms with Gasteiger partial charge in [0.2, 0.25) is 0 Å². The fraction of sp³-hybridized carbons (Fsp3) is 0. The Labute approximate surface area is 91.3 Å². The summed E-state index contributed by atoms with van der Waals surface area (Å²) in [4.78, 5) is 3.67. The van der Waals surface area contributed by atoms with Gasteiger partial charge in [-0.2, -0.15) is 8.42 Å². The monoisotopic (exact) mass is 243 g/mol. The van der Waals surface area contributed by atoms with Crippen molar-refractivity contribution in [3.63, 3.8) is 0 Å². The van der Waals surface area contributed by atoms with Gasteiger partial charge in [-0.05, 0) is 18.2 Å². The molecular weight excluding hydrogens is 238 g/mol. The van der Waals surface area contributed by atoms with E-state index in [1.165, 1.54) is 30.6 Å². The second-order valence-electron chi connectivity index (χ2n) is 2.94. The Morgan fingerprint density at radius 1 is 1.20 bits per heavy atom. The molecule has 0 saturated carbocycles. The second-order valence-corrected chi connectivity index (χ2v) is 4.74. The minimum absolute atomic E-state index is 0.163. The molecule has 1 aromatic heterocycles. The Hall–Kier alpha value is -1.17. The molecular formula is C9H6ClNO3S. The lowest BCUT2D eigenvalue weighted by Gasteiger charge is -2.04. The highest BCUT2D eigenvalue weighted by atomic mass is 35.5. The van der Waals surface area contributed by atoms with E-state index in [0.717, 1.165) is 0 Å². The van der Waals surface area contributed by atoms with Gasteiger partial charge in [-0.1, -0.05) is 11.6 Å². The van der Waals surface area contributed by atoms with Crippen LogP contribution in [0.5, 0.6) is 0 Å². The third-order valence-corrected chi connectivity index (χ3v) is 3.24. The summed E-state index contributed by atoms with van der Waals surface area (Å²) in [6, 6.07) is 4.17. The third-order valence-electron chi connectivity index (χ3n) is 2.00. The number of fused-ring (bicyclic) bond motifs is 1. The van der Waals surface area contributed by atoms with E-state index in [2.05, 4.69) is 4.98 Å². The van der Waals surface area contributed by atoms with Crippen LogP contribution in [-0.2, 0) is 10.1 Å². The highest BCUT2D eigenvalue weighted by Crippen LogP contribution is 2.28. The van der Waals surface area contributed by atoms with Crippen LogP contribution < -0.4 is 0 Å². The van der Waals surface area contributed by atoms with Gasteiger partial charge in [-0.3, -0.25) is 9.54 Å². The Bertz CT molecular complexity index is 624. The van der Waals surface area contributed by atoms with Crippen LogP contribution in [0.4, 0.5) is 0 Å². The lowest BCUT2D eigenvalue weighted by molar-refractivity contribution is 0.484. The van der Waals surface area contributed by atoms with Crippen LogP contribution in [0.25, 0.3) is 10.8 Å². The first-order valence-electron chi connectivity index (χ1n) is 4.00. The average Bonchev–Trinajstić information content (AvgIpc) is 2.17. The van der Waals surface area contributed by atoms with Crippen LogP contribution in [0.15, 0.2) is 35.5 Å². The van der Waals surface area contributed by atoms with Gasteiger partial charge in [0, 0.05) is 23.2 Å². The summed E-state index contributed by atoms with van der Waals surface area (Å²) in [5.41, 5.74) is 0. The molecule has 2 aromatic rings. The van der Waals surface area contributed by atoms with Crippen molar-refractivity contribution in [3.05, 3.63) is 35.6 Å². The third kappa shape index (κ3) is 1.81. The molecule has 0 spiro atoms. The predicted molar refractivity (Wildman–Crippen MR) is 56.6 cm³/mol. The maximum absolute atomic E-state index is 11.1. The lowest BCUT2D eigenvalue weighted by Crippen LogP contribution is -1.99. The number of nitrogens with zero attached hydrogens (tertiary/aromatic N) is 1. The molecule has 0 aliphatic carbocycles. The van der Waals surface area contributed by atoms with Crippen LogP contribution in [0.1, 0.15) is 0 Å². The molecule has 1 aromatic carbocycles. The van der Waals surface area contributed by atoms with Gasteiger partial charge in [-0.25, -0.2) is 0 Å². The largest absolute Gasteiger partial charge is 0.295 e. The standard InChI is InChI=1S/C9H6ClNO3S/c10-8-1-2-9(15(12,13)14)6-3-4-11-5-7(6)8/h1-5H,(H,12,13,14). The number of aromatic nitrogens is 1. The van der Waals surface area contributed by atoms with E-state index >= 15 is 0 Å². The molecule has 15 heavy (non-hydrogen) atoms. The minimum atomic E-state index is -4.23. The molecule has 0 aliphatic heterocycles. The average molecular weight is 244 g/mol. The molecule has 2 rings (SSSR count). The minimum Gasteiger partial charge on any atom is -0.282 e. The van der Waals surface area contributed by atoms with Gasteiger partial charge in [0.05, 0.1) is 5.02 Å². The van der Waals surface area contributed by atoms with E-state index in [0.29, 0.717) is 15.8 Å². The Balaban J connectivity index is 2.96. The van der Waals surface area contributed by atoms with Gasteiger partial charge in [-0.15, -0.1) is 0 Å². The van der Waals surface area contributed by atoms with Gasteiger partial charge in [0.25, 0.3) is 10.1 Å². The molecule has 4 nitrogen and oxygen atoms in total. The SMILES string of the molecule is O=S(=O)(O)c1ccc(Cl)c2cnccc12. The molecule has 0 aliphatic rings. The Morgan fingerprint density at radius 3 is 2.60 bits per heavy atom. The van der Waals surface area contributed by atoms with E-state index in [1.54, 1.807) is 0 Å². The van der Waals surface area contributed by atoms with Crippen molar-refractivity contribution >= 4 is 32.5 Å². The van der Waals surface area contributed by atoms with Crippen molar-refractivity contribution in [2.24, 2.45) is 0 Å². The first kappa shape index (κ1) is 10.4. The predicted octanol–water partition coefficient (Wildman–Crippen LogP) is 2.13. The first-order chi connectivity index (χ1) is 7.00. The van der Waals surface area contributed by atoms with Crippen LogP contribution in [0.2, 0.25) is 5.02 Å². The normalized spacial score (nSPS) is 11.9. The van der Waals surface area contributed by atoms with E-state index < -0.39 is 10.1 Å². The van der Waals surface area contributed by atoms with Crippen molar-refractivity contribution in [3.8, 4) is 0 Å². The summed E-state index contributed by atoms with van der Waals surface area (Å²) in [6.07, 6.45) is 2.89. The van der Waals surface area contributed by atoms with E-state index in [-0.39, 0.29) is 4.90 Å². The van der Waals surface area contributed by atoms with Crippen LogP contribution in [-0.4, -0.2) is 18.0 Å². The van der Waals surface area contributed by atoms with Crippen molar-refractivity contribution in [1.29, 1.82) is 0 Å². The Kier molecular flexibility index (Phi) is 2.38. The summed E-state index contributed by atoms with van der Waals surface area (Å²) >= 11 is 5.86. The van der Waals surface area contributed by atoms with Crippen LogP contribution >= 0.6 is 11.6 Å². The molecule has 0 radical (unpaired) electrons. The van der Waals surface area contributed by atoms with E-state index in [1.807, 2.05) is 0 Å². The fourth-order valence-electron chi connectivity index (χ4n) is 1.35. The molecule has 0 atom stereocenters. The second kappa shape index (κ2) is 3.44. The smallest absolute Gasteiger partial charge is 0.282 e. The molecule has 0 unspecified atom stereocenters. The molecule has 78 valence electrons. The zero-order valence-corrected chi connectivity index (χ0v) is 8.96. The van der Waals surface area contributed by atoms with Gasteiger partial charge >= 0.3 is 0 Å². The van der Waals surface area contributed by atoms with Crippen molar-refractivity contribution < 1.29 is 13.0 Å². The molecule has 0 fully saturated rings. The summed E-state index contributed by atoms with van der Waals surface area (Å²) < 4.78 is 31.1. The number of benzene rings is 1. The number of halogens is 1. The maximum Gasteiger partial charge on any atom is 0.295 e. The summed E-state index contributed by atoms with van der Waals surface area (Å²) in [5, 5.41) is 1.25. The highest BCUT2D eigenvalue weighted by Gasteiger charge is 2.14. The van der Waals surface area contributed by atoms with Gasteiger partial charge in [0.1, 0.15) is 4.90 Å². The molecule has 0 saturated heterocycles. The van der Waals surface area contributed by atoms with Gasteiger partial charge in [0.15, 0.2) is 0 Å². The van der Waals surface area contributed by atoms with E-state index in [9.17, 15) is 8.42 Å². The summed E-state index contributed by atoms with van der Waals surface area (Å²) in [5.74, 6) is 0. The zero-order chi connectivity index (χ0) is 11.1. The van der Waals surface area contributed by atoms with Crippen molar-refractivity contribution in [2.45, 2.75) is 4.90 Å². The van der Waals surface area contributed by atoms with Crippen molar-refractivity contribution in [1.82, 2.24) is 4.98 Å².